The summed E-state index contributed by atoms with van der Waals surface area (Å²) in [6.45, 7) is 3.03. The molecule has 0 aromatic rings. The molecule has 0 aromatic heterocycles. The van der Waals surface area contributed by atoms with Crippen molar-refractivity contribution in [2.24, 2.45) is 11.7 Å². The molecular weight excluding hydrogens is 192 g/mol. The minimum absolute atomic E-state index is 0.0422. The van der Waals surface area contributed by atoms with Gasteiger partial charge in [0, 0.05) is 12.6 Å². The van der Waals surface area contributed by atoms with Crippen LogP contribution in [0.1, 0.15) is 32.6 Å². The number of hydrogen-bond donors (Lipinski definition) is 2. The fraction of sp³-hybridized carbons (Fsp3) is 0.909. The van der Waals surface area contributed by atoms with Crippen molar-refractivity contribution >= 4 is 5.91 Å². The second kappa shape index (κ2) is 4.10. The van der Waals surface area contributed by atoms with Crippen molar-refractivity contribution in [2.45, 2.75) is 44.2 Å². The molecule has 2 rings (SSSR count). The first-order chi connectivity index (χ1) is 7.12. The maximum absolute atomic E-state index is 11.9. The highest BCUT2D eigenvalue weighted by atomic mass is 16.5. The van der Waals surface area contributed by atoms with Crippen LogP contribution in [0.15, 0.2) is 0 Å². The number of nitrogens with one attached hydrogen (secondary N) is 1. The highest BCUT2D eigenvalue weighted by molar-refractivity contribution is 5.86. The second-order valence-electron chi connectivity index (χ2n) is 4.91. The number of ether oxygens (including phenoxy) is 1. The first-order valence-electron chi connectivity index (χ1n) is 5.79. The molecule has 4 nitrogen and oxygen atoms in total. The molecule has 2 fully saturated rings. The van der Waals surface area contributed by atoms with Crippen LogP contribution >= 0.6 is 0 Å². The van der Waals surface area contributed by atoms with Gasteiger partial charge in [-0.1, -0.05) is 6.42 Å². The highest BCUT2D eigenvalue weighted by Gasteiger charge is 2.39. The summed E-state index contributed by atoms with van der Waals surface area (Å²) in [6.07, 6.45) is 4.39. The quantitative estimate of drug-likeness (QED) is 0.712. The molecule has 0 radical (unpaired) electrons. The van der Waals surface area contributed by atoms with Gasteiger partial charge in [0.2, 0.25) is 5.91 Å². The summed E-state index contributed by atoms with van der Waals surface area (Å²) in [6, 6.07) is 0.257. The van der Waals surface area contributed by atoms with Gasteiger partial charge in [-0.15, -0.1) is 0 Å². The van der Waals surface area contributed by atoms with Crippen LogP contribution in [0.4, 0.5) is 0 Å². The molecule has 2 unspecified atom stereocenters. The second-order valence-corrected chi connectivity index (χ2v) is 4.91. The number of nitrogens with two attached hydrogens (primary N) is 1. The van der Waals surface area contributed by atoms with E-state index in [9.17, 15) is 4.79 Å². The van der Waals surface area contributed by atoms with Crippen molar-refractivity contribution in [3.63, 3.8) is 0 Å². The summed E-state index contributed by atoms with van der Waals surface area (Å²) in [4.78, 5) is 11.9. The van der Waals surface area contributed by atoms with Gasteiger partial charge in [-0.3, -0.25) is 4.79 Å². The van der Waals surface area contributed by atoms with E-state index in [1.807, 2.05) is 0 Å². The molecule has 2 atom stereocenters. The molecule has 3 N–H and O–H groups in total. The number of carbonyl (C=O) groups excluding carboxylic acids is 1. The predicted molar refractivity (Wildman–Crippen MR) is 57.3 cm³/mol. The van der Waals surface area contributed by atoms with E-state index in [2.05, 4.69) is 12.2 Å². The largest absolute Gasteiger partial charge is 0.379 e. The average Bonchev–Trinajstić information content (AvgIpc) is 2.50. The van der Waals surface area contributed by atoms with Crippen LogP contribution in [0.25, 0.3) is 0 Å². The minimum atomic E-state index is -0.780. The molecule has 1 heterocycles. The Morgan fingerprint density at radius 3 is 2.80 bits per heavy atom. The Balaban J connectivity index is 1.85. The minimum Gasteiger partial charge on any atom is -0.379 e. The average molecular weight is 212 g/mol. The van der Waals surface area contributed by atoms with Crippen molar-refractivity contribution in [3.05, 3.63) is 0 Å². The van der Waals surface area contributed by atoms with Crippen LogP contribution in [-0.2, 0) is 9.53 Å². The topological polar surface area (TPSA) is 64.4 Å². The zero-order valence-corrected chi connectivity index (χ0v) is 9.29. The normalized spacial score (nSPS) is 33.5. The summed E-state index contributed by atoms with van der Waals surface area (Å²) < 4.78 is 5.18. The van der Waals surface area contributed by atoms with Gasteiger partial charge in [0.1, 0.15) is 5.54 Å². The van der Waals surface area contributed by atoms with Crippen molar-refractivity contribution in [3.8, 4) is 0 Å². The Hall–Kier alpha value is -0.610. The lowest BCUT2D eigenvalue weighted by Crippen LogP contribution is -2.57. The third kappa shape index (κ3) is 2.16. The van der Waals surface area contributed by atoms with E-state index in [-0.39, 0.29) is 11.9 Å². The first-order valence-corrected chi connectivity index (χ1v) is 5.79. The van der Waals surface area contributed by atoms with Crippen molar-refractivity contribution < 1.29 is 9.53 Å². The monoisotopic (exact) mass is 212 g/mol. The molecule has 86 valence electrons. The maximum atomic E-state index is 11.9. The Morgan fingerprint density at radius 1 is 1.60 bits per heavy atom. The Bertz CT molecular complexity index is 245. The van der Waals surface area contributed by atoms with Crippen molar-refractivity contribution in [2.75, 3.05) is 13.2 Å². The van der Waals surface area contributed by atoms with Gasteiger partial charge in [0.05, 0.1) is 6.61 Å². The summed E-state index contributed by atoms with van der Waals surface area (Å²) in [5.41, 5.74) is 5.19. The number of amides is 1. The van der Waals surface area contributed by atoms with E-state index < -0.39 is 5.54 Å². The third-order valence-corrected chi connectivity index (χ3v) is 3.72. The van der Waals surface area contributed by atoms with Gasteiger partial charge in [0.25, 0.3) is 0 Å². The molecule has 0 spiro atoms. The van der Waals surface area contributed by atoms with Gasteiger partial charge in [-0.2, -0.15) is 0 Å². The molecule has 2 aliphatic rings. The molecule has 1 saturated carbocycles. The van der Waals surface area contributed by atoms with E-state index in [1.54, 1.807) is 0 Å². The molecule has 1 saturated heterocycles. The SMILES string of the molecule is CC(NC(=O)C1(N)CCOC1)C1CCC1. The van der Waals surface area contributed by atoms with E-state index in [1.165, 1.54) is 19.3 Å². The van der Waals surface area contributed by atoms with Crippen LogP contribution in [0.5, 0.6) is 0 Å². The smallest absolute Gasteiger partial charge is 0.242 e. The van der Waals surface area contributed by atoms with E-state index >= 15 is 0 Å². The van der Waals surface area contributed by atoms with Gasteiger partial charge in [-0.05, 0) is 32.1 Å². The summed E-state index contributed by atoms with van der Waals surface area (Å²) in [5, 5.41) is 3.02. The van der Waals surface area contributed by atoms with Crippen molar-refractivity contribution in [1.29, 1.82) is 0 Å². The Kier molecular flexibility index (Phi) is 2.98. The van der Waals surface area contributed by atoms with Crippen LogP contribution in [0.2, 0.25) is 0 Å². The van der Waals surface area contributed by atoms with E-state index in [0.29, 0.717) is 25.6 Å². The van der Waals surface area contributed by atoms with E-state index in [4.69, 9.17) is 10.5 Å². The van der Waals surface area contributed by atoms with Crippen LogP contribution in [0, 0.1) is 5.92 Å². The Labute approximate surface area is 90.5 Å². The zero-order chi connectivity index (χ0) is 10.9. The highest BCUT2D eigenvalue weighted by Crippen LogP contribution is 2.29. The fourth-order valence-corrected chi connectivity index (χ4v) is 2.17. The summed E-state index contributed by atoms with van der Waals surface area (Å²) in [5.74, 6) is 0.610. The van der Waals surface area contributed by atoms with Gasteiger partial charge in [-0.25, -0.2) is 0 Å². The lowest BCUT2D eigenvalue weighted by molar-refractivity contribution is -0.127. The van der Waals surface area contributed by atoms with Gasteiger partial charge in [0.15, 0.2) is 0 Å². The fourth-order valence-electron chi connectivity index (χ4n) is 2.17. The third-order valence-electron chi connectivity index (χ3n) is 3.72. The predicted octanol–water partition coefficient (Wildman–Crippen LogP) is 0.409. The van der Waals surface area contributed by atoms with Crippen LogP contribution in [-0.4, -0.2) is 30.7 Å². The lowest BCUT2D eigenvalue weighted by atomic mass is 9.80. The number of carbonyl (C=O) groups is 1. The van der Waals surface area contributed by atoms with Crippen molar-refractivity contribution in [1.82, 2.24) is 5.32 Å². The molecule has 0 bridgehead atoms. The maximum Gasteiger partial charge on any atom is 0.242 e. The molecular formula is C11H20N2O2. The lowest BCUT2D eigenvalue weighted by Gasteiger charge is -2.33. The summed E-state index contributed by atoms with van der Waals surface area (Å²) >= 11 is 0. The van der Waals surface area contributed by atoms with E-state index in [0.717, 1.165) is 0 Å². The molecule has 1 amide bonds. The molecule has 1 aliphatic carbocycles. The van der Waals surface area contributed by atoms with Gasteiger partial charge < -0.3 is 15.8 Å². The van der Waals surface area contributed by atoms with Crippen LogP contribution in [0.3, 0.4) is 0 Å². The molecule has 15 heavy (non-hydrogen) atoms. The summed E-state index contributed by atoms with van der Waals surface area (Å²) in [7, 11) is 0. The Morgan fingerprint density at radius 2 is 2.33 bits per heavy atom. The molecule has 4 heteroatoms. The standard InChI is InChI=1S/C11H20N2O2/c1-8(9-3-2-4-9)13-10(14)11(12)5-6-15-7-11/h8-9H,2-7,12H2,1H3,(H,13,14). The number of rotatable bonds is 3. The molecule has 1 aliphatic heterocycles. The van der Waals surface area contributed by atoms with Gasteiger partial charge >= 0.3 is 0 Å². The number of hydrogen-bond acceptors (Lipinski definition) is 3. The van der Waals surface area contributed by atoms with Crippen LogP contribution < -0.4 is 11.1 Å². The first kappa shape index (κ1) is 10.9. The zero-order valence-electron chi connectivity index (χ0n) is 9.29. The molecule has 0 aromatic carbocycles.